The van der Waals surface area contributed by atoms with Crippen LogP contribution in [0.3, 0.4) is 0 Å². The van der Waals surface area contributed by atoms with Gasteiger partial charge < -0.3 is 19.8 Å². The molecule has 0 aliphatic rings. The highest BCUT2D eigenvalue weighted by molar-refractivity contribution is 6.16. The van der Waals surface area contributed by atoms with E-state index in [-0.39, 0.29) is 5.78 Å². The number of methoxy groups -OCH3 is 2. The average molecular weight is 373 g/mol. The molecule has 2 aromatic carbocycles. The number of ketones is 1. The number of hydrogen-bond donors (Lipinski definition) is 2. The molecule has 0 saturated carbocycles. The fourth-order valence-corrected chi connectivity index (χ4v) is 3.04. The number of pyridine rings is 1. The van der Waals surface area contributed by atoms with Crippen LogP contribution in [0.5, 0.6) is 11.5 Å². The van der Waals surface area contributed by atoms with Gasteiger partial charge in [-0.1, -0.05) is 18.2 Å². The van der Waals surface area contributed by atoms with E-state index in [1.54, 1.807) is 44.8 Å². The van der Waals surface area contributed by atoms with E-state index in [0.29, 0.717) is 28.3 Å². The maximum Gasteiger partial charge on any atom is 0.195 e. The number of fused-ring (bicyclic) bond motifs is 1. The zero-order chi connectivity index (χ0) is 19.5. The predicted molar refractivity (Wildman–Crippen MR) is 109 cm³/mol. The zero-order valence-electron chi connectivity index (χ0n) is 15.5. The summed E-state index contributed by atoms with van der Waals surface area (Å²) in [5, 5.41) is 4.04. The van der Waals surface area contributed by atoms with E-state index in [4.69, 9.17) is 9.47 Å². The van der Waals surface area contributed by atoms with E-state index < -0.39 is 0 Å². The maximum atomic E-state index is 13.1. The molecule has 4 rings (SSSR count). The van der Waals surface area contributed by atoms with Crippen molar-refractivity contribution in [2.45, 2.75) is 0 Å². The van der Waals surface area contributed by atoms with Crippen LogP contribution < -0.4 is 14.8 Å². The molecule has 0 aliphatic heterocycles. The summed E-state index contributed by atoms with van der Waals surface area (Å²) in [6.07, 6.45) is 3.41. The topological polar surface area (TPSA) is 76.2 Å². The van der Waals surface area contributed by atoms with Crippen molar-refractivity contribution in [1.82, 2.24) is 9.97 Å². The molecule has 0 bridgehead atoms. The molecule has 4 aromatic rings. The molecule has 0 amide bonds. The molecular weight excluding hydrogens is 354 g/mol. The Kier molecular flexibility index (Phi) is 4.68. The van der Waals surface area contributed by atoms with Crippen molar-refractivity contribution in [3.63, 3.8) is 0 Å². The Labute approximate surface area is 162 Å². The molecule has 28 heavy (non-hydrogen) atoms. The average Bonchev–Trinajstić information content (AvgIpc) is 3.16. The minimum absolute atomic E-state index is 0.137. The highest BCUT2D eigenvalue weighted by atomic mass is 16.5. The number of para-hydroxylation sites is 1. The van der Waals surface area contributed by atoms with Crippen LogP contribution in [0.2, 0.25) is 0 Å². The number of aromatic amines is 1. The van der Waals surface area contributed by atoms with Crippen LogP contribution in [-0.4, -0.2) is 30.0 Å². The fourth-order valence-electron chi connectivity index (χ4n) is 3.04. The quantitative estimate of drug-likeness (QED) is 0.485. The molecule has 2 aromatic heterocycles. The SMILES string of the molecule is COc1cc(OC)cc(C(=O)c2c[nH]c3ncc(Nc4ccccc4)cc23)c1. The van der Waals surface area contributed by atoms with Crippen molar-refractivity contribution in [1.29, 1.82) is 0 Å². The number of rotatable bonds is 6. The van der Waals surface area contributed by atoms with E-state index in [9.17, 15) is 4.79 Å². The molecule has 0 unspecified atom stereocenters. The third kappa shape index (κ3) is 3.40. The van der Waals surface area contributed by atoms with Crippen LogP contribution in [-0.2, 0) is 0 Å². The maximum absolute atomic E-state index is 13.1. The van der Waals surface area contributed by atoms with Crippen LogP contribution >= 0.6 is 0 Å². The van der Waals surface area contributed by atoms with Crippen molar-refractivity contribution in [3.8, 4) is 11.5 Å². The summed E-state index contributed by atoms with van der Waals surface area (Å²) in [4.78, 5) is 20.6. The van der Waals surface area contributed by atoms with E-state index in [1.165, 1.54) is 0 Å². The summed E-state index contributed by atoms with van der Waals surface area (Å²) in [6, 6.07) is 16.8. The van der Waals surface area contributed by atoms with E-state index in [0.717, 1.165) is 16.8 Å². The van der Waals surface area contributed by atoms with Gasteiger partial charge in [-0.25, -0.2) is 4.98 Å². The normalized spacial score (nSPS) is 10.6. The Morgan fingerprint density at radius 3 is 2.36 bits per heavy atom. The van der Waals surface area contributed by atoms with Gasteiger partial charge in [0.2, 0.25) is 0 Å². The van der Waals surface area contributed by atoms with Crippen molar-refractivity contribution >= 4 is 28.2 Å². The molecular formula is C22H19N3O3. The first kappa shape index (κ1) is 17.6. The molecule has 6 nitrogen and oxygen atoms in total. The van der Waals surface area contributed by atoms with Crippen LogP contribution in [0.4, 0.5) is 11.4 Å². The lowest BCUT2D eigenvalue weighted by atomic mass is 10.0. The van der Waals surface area contributed by atoms with Gasteiger partial charge in [0.05, 0.1) is 26.1 Å². The molecule has 0 saturated heterocycles. The summed E-state index contributed by atoms with van der Waals surface area (Å²) in [5.74, 6) is 0.987. The summed E-state index contributed by atoms with van der Waals surface area (Å²) in [5.41, 5.74) is 3.42. The van der Waals surface area contributed by atoms with Gasteiger partial charge in [-0.15, -0.1) is 0 Å². The van der Waals surface area contributed by atoms with Gasteiger partial charge in [-0.05, 0) is 30.3 Å². The number of anilines is 2. The minimum atomic E-state index is -0.137. The third-order valence-electron chi connectivity index (χ3n) is 4.45. The summed E-state index contributed by atoms with van der Waals surface area (Å²) in [7, 11) is 3.11. The Morgan fingerprint density at radius 2 is 1.68 bits per heavy atom. The fraction of sp³-hybridized carbons (Fsp3) is 0.0909. The first-order valence-corrected chi connectivity index (χ1v) is 8.75. The number of hydrogen-bond acceptors (Lipinski definition) is 5. The molecule has 0 radical (unpaired) electrons. The van der Waals surface area contributed by atoms with Gasteiger partial charge in [0.25, 0.3) is 0 Å². The Balaban J connectivity index is 1.72. The lowest BCUT2D eigenvalue weighted by Crippen LogP contribution is -2.02. The number of aromatic nitrogens is 2. The summed E-state index contributed by atoms with van der Waals surface area (Å²) < 4.78 is 10.6. The van der Waals surface area contributed by atoms with Crippen molar-refractivity contribution in [3.05, 3.63) is 78.1 Å². The molecule has 0 aliphatic carbocycles. The molecule has 2 heterocycles. The van der Waals surface area contributed by atoms with Crippen LogP contribution in [0.25, 0.3) is 11.0 Å². The molecule has 0 atom stereocenters. The van der Waals surface area contributed by atoms with Gasteiger partial charge in [-0.3, -0.25) is 4.79 Å². The van der Waals surface area contributed by atoms with Gasteiger partial charge in [0.1, 0.15) is 17.1 Å². The number of H-pyrrole nitrogens is 1. The summed E-state index contributed by atoms with van der Waals surface area (Å²) >= 11 is 0. The Hall–Kier alpha value is -3.80. The molecule has 0 spiro atoms. The first-order valence-electron chi connectivity index (χ1n) is 8.75. The monoisotopic (exact) mass is 373 g/mol. The predicted octanol–water partition coefficient (Wildman–Crippen LogP) is 4.55. The van der Waals surface area contributed by atoms with E-state index in [1.807, 2.05) is 36.4 Å². The highest BCUT2D eigenvalue weighted by Gasteiger charge is 2.17. The Morgan fingerprint density at radius 1 is 0.964 bits per heavy atom. The molecule has 2 N–H and O–H groups in total. The number of carbonyl (C=O) groups excluding carboxylic acids is 1. The first-order chi connectivity index (χ1) is 13.7. The lowest BCUT2D eigenvalue weighted by Gasteiger charge is -2.08. The largest absolute Gasteiger partial charge is 0.497 e. The smallest absolute Gasteiger partial charge is 0.195 e. The summed E-state index contributed by atoms with van der Waals surface area (Å²) in [6.45, 7) is 0. The van der Waals surface area contributed by atoms with Gasteiger partial charge >= 0.3 is 0 Å². The molecule has 6 heteroatoms. The number of carbonyl (C=O) groups is 1. The van der Waals surface area contributed by atoms with Gasteiger partial charge in [0, 0.05) is 34.5 Å². The second-order valence-corrected chi connectivity index (χ2v) is 6.24. The van der Waals surface area contributed by atoms with E-state index in [2.05, 4.69) is 15.3 Å². The Bertz CT molecular complexity index is 1110. The number of ether oxygens (including phenoxy) is 2. The lowest BCUT2D eigenvalue weighted by molar-refractivity contribution is 0.103. The minimum Gasteiger partial charge on any atom is -0.497 e. The zero-order valence-corrected chi connectivity index (χ0v) is 15.5. The van der Waals surface area contributed by atoms with Crippen LogP contribution in [0.15, 0.2) is 67.0 Å². The second-order valence-electron chi connectivity index (χ2n) is 6.24. The number of benzene rings is 2. The number of nitrogens with zero attached hydrogens (tertiary/aromatic N) is 1. The van der Waals surface area contributed by atoms with Crippen LogP contribution in [0, 0.1) is 0 Å². The molecule has 0 fully saturated rings. The van der Waals surface area contributed by atoms with Crippen molar-refractivity contribution in [2.24, 2.45) is 0 Å². The van der Waals surface area contributed by atoms with E-state index >= 15 is 0 Å². The van der Waals surface area contributed by atoms with Crippen LogP contribution in [0.1, 0.15) is 15.9 Å². The molecule has 140 valence electrons. The van der Waals surface area contributed by atoms with Gasteiger partial charge in [0.15, 0.2) is 5.78 Å². The van der Waals surface area contributed by atoms with Crippen molar-refractivity contribution in [2.75, 3.05) is 19.5 Å². The third-order valence-corrected chi connectivity index (χ3v) is 4.45. The standard InChI is InChI=1S/C22H19N3O3/c1-27-17-8-14(9-18(11-17)28-2)21(26)20-13-24-22-19(20)10-16(12-23-22)25-15-6-4-3-5-7-15/h3-13,25H,1-2H3,(H,23,24). The highest BCUT2D eigenvalue weighted by Crippen LogP contribution is 2.28. The van der Waals surface area contributed by atoms with Gasteiger partial charge in [-0.2, -0.15) is 0 Å². The van der Waals surface area contributed by atoms with Crippen molar-refractivity contribution < 1.29 is 14.3 Å². The second kappa shape index (κ2) is 7.44. The number of nitrogens with one attached hydrogen (secondary N) is 2.